The molecule has 224 valence electrons. The van der Waals surface area contributed by atoms with Crippen molar-refractivity contribution < 1.29 is 47.6 Å². The maximum atomic E-state index is 12.7. The van der Waals surface area contributed by atoms with Crippen molar-refractivity contribution in [2.45, 2.75) is 38.5 Å². The van der Waals surface area contributed by atoms with Crippen LogP contribution >= 0.6 is 0 Å². The third kappa shape index (κ3) is 11.1. The summed E-state index contributed by atoms with van der Waals surface area (Å²) in [6.45, 7) is 7.88. The van der Waals surface area contributed by atoms with Crippen molar-refractivity contribution in [3.8, 4) is 23.0 Å². The molecule has 1 saturated carbocycles. The van der Waals surface area contributed by atoms with E-state index in [1.165, 1.54) is 0 Å². The molecule has 3 rings (SSSR count). The molecule has 2 aromatic carbocycles. The van der Waals surface area contributed by atoms with E-state index in [0.29, 0.717) is 74.7 Å². The van der Waals surface area contributed by atoms with Crippen molar-refractivity contribution in [1.82, 2.24) is 0 Å². The first-order chi connectivity index (χ1) is 20.4. The zero-order valence-electron chi connectivity index (χ0n) is 23.5. The van der Waals surface area contributed by atoms with E-state index in [1.54, 1.807) is 48.5 Å². The minimum absolute atomic E-state index is 0.239. The lowest BCUT2D eigenvalue weighted by Crippen LogP contribution is -2.30. The largest absolute Gasteiger partial charge is 0.493 e. The summed E-state index contributed by atoms with van der Waals surface area (Å²) in [6, 6.07) is 13.4. The first kappa shape index (κ1) is 31.9. The van der Waals surface area contributed by atoms with Crippen LogP contribution in [-0.2, 0) is 28.7 Å². The molecule has 0 N–H and O–H groups in total. The molecule has 0 radical (unpaired) electrons. The van der Waals surface area contributed by atoms with Crippen molar-refractivity contribution in [2.24, 2.45) is 11.8 Å². The monoisotopic (exact) mass is 580 g/mol. The molecule has 10 heteroatoms. The van der Waals surface area contributed by atoms with E-state index in [9.17, 15) is 19.2 Å². The van der Waals surface area contributed by atoms with E-state index in [0.717, 1.165) is 12.2 Å². The fourth-order valence-electron chi connectivity index (χ4n) is 4.13. The normalized spacial score (nSPS) is 15.9. The fourth-order valence-corrected chi connectivity index (χ4v) is 4.13. The van der Waals surface area contributed by atoms with Crippen LogP contribution in [0.3, 0.4) is 0 Å². The first-order valence-electron chi connectivity index (χ1n) is 13.9. The second-order valence-electron chi connectivity index (χ2n) is 9.48. The van der Waals surface area contributed by atoms with Gasteiger partial charge >= 0.3 is 23.9 Å². The van der Waals surface area contributed by atoms with Crippen molar-refractivity contribution in [2.75, 3.05) is 26.4 Å². The van der Waals surface area contributed by atoms with Gasteiger partial charge in [0.1, 0.15) is 23.0 Å². The summed E-state index contributed by atoms with van der Waals surface area (Å²) < 4.78 is 32.0. The quantitative estimate of drug-likeness (QED) is 0.116. The molecule has 0 aliphatic heterocycles. The molecule has 10 nitrogen and oxygen atoms in total. The maximum Gasteiger partial charge on any atom is 0.330 e. The van der Waals surface area contributed by atoms with Gasteiger partial charge in [0.15, 0.2) is 0 Å². The van der Waals surface area contributed by atoms with Crippen molar-refractivity contribution >= 4 is 23.9 Å². The smallest absolute Gasteiger partial charge is 0.330 e. The number of benzene rings is 2. The van der Waals surface area contributed by atoms with Crippen LogP contribution in [0.25, 0.3) is 0 Å². The third-order valence-electron chi connectivity index (χ3n) is 6.41. The Bertz CT molecular complexity index is 1100. The molecule has 1 aliphatic carbocycles. The maximum absolute atomic E-state index is 12.7. The van der Waals surface area contributed by atoms with Crippen LogP contribution in [0.4, 0.5) is 0 Å². The zero-order chi connectivity index (χ0) is 30.2. The van der Waals surface area contributed by atoms with Crippen LogP contribution in [0.5, 0.6) is 23.0 Å². The predicted molar refractivity (Wildman–Crippen MR) is 152 cm³/mol. The Morgan fingerprint density at radius 1 is 0.571 bits per heavy atom. The van der Waals surface area contributed by atoms with E-state index < -0.39 is 11.9 Å². The van der Waals surface area contributed by atoms with Gasteiger partial charge in [0.2, 0.25) is 0 Å². The summed E-state index contributed by atoms with van der Waals surface area (Å²) >= 11 is 0. The Morgan fingerprint density at radius 3 is 1.24 bits per heavy atom. The molecule has 0 spiro atoms. The molecule has 1 aliphatic rings. The lowest BCUT2D eigenvalue weighted by atomic mass is 9.82. The van der Waals surface area contributed by atoms with Crippen LogP contribution in [0.1, 0.15) is 38.5 Å². The number of ether oxygens (including phenoxy) is 6. The molecule has 1 fully saturated rings. The zero-order valence-corrected chi connectivity index (χ0v) is 23.5. The van der Waals surface area contributed by atoms with Crippen LogP contribution in [0.2, 0.25) is 0 Å². The molecule has 0 unspecified atom stereocenters. The van der Waals surface area contributed by atoms with E-state index in [-0.39, 0.29) is 37.0 Å². The Morgan fingerprint density at radius 2 is 0.905 bits per heavy atom. The number of esters is 4. The highest BCUT2D eigenvalue weighted by Gasteiger charge is 2.32. The van der Waals surface area contributed by atoms with E-state index in [1.807, 2.05) is 0 Å². The highest BCUT2D eigenvalue weighted by molar-refractivity contribution is 5.81. The molecule has 0 bridgehead atoms. The van der Waals surface area contributed by atoms with Crippen LogP contribution in [-0.4, -0.2) is 50.3 Å². The van der Waals surface area contributed by atoms with Gasteiger partial charge in [0.05, 0.1) is 38.3 Å². The molecule has 0 aromatic heterocycles. The minimum atomic E-state index is -0.469. The summed E-state index contributed by atoms with van der Waals surface area (Å²) in [5.41, 5.74) is 0. The lowest BCUT2D eigenvalue weighted by molar-refractivity contribution is -0.145. The molecule has 2 aromatic rings. The number of carbonyl (C=O) groups excluding carboxylic acids is 4. The van der Waals surface area contributed by atoms with Gasteiger partial charge < -0.3 is 28.4 Å². The van der Waals surface area contributed by atoms with Crippen LogP contribution in [0.15, 0.2) is 73.8 Å². The van der Waals surface area contributed by atoms with Gasteiger partial charge in [-0.15, -0.1) is 0 Å². The molecule has 0 heterocycles. The van der Waals surface area contributed by atoms with Crippen molar-refractivity contribution in [3.63, 3.8) is 0 Å². The van der Waals surface area contributed by atoms with Gasteiger partial charge in [-0.05, 0) is 74.2 Å². The van der Waals surface area contributed by atoms with Gasteiger partial charge in [-0.3, -0.25) is 9.59 Å². The summed E-state index contributed by atoms with van der Waals surface area (Å²) in [4.78, 5) is 47.4. The van der Waals surface area contributed by atoms with Gasteiger partial charge in [-0.1, -0.05) is 13.2 Å². The summed E-state index contributed by atoms with van der Waals surface area (Å²) in [5.74, 6) is -0.131. The summed E-state index contributed by atoms with van der Waals surface area (Å²) in [7, 11) is 0. The van der Waals surface area contributed by atoms with Crippen molar-refractivity contribution in [3.05, 3.63) is 73.8 Å². The van der Waals surface area contributed by atoms with E-state index in [2.05, 4.69) is 13.2 Å². The molecule has 42 heavy (non-hydrogen) atoms. The fraction of sp³-hybridized carbons (Fsp3) is 0.375. The van der Waals surface area contributed by atoms with Crippen LogP contribution in [0, 0.1) is 11.8 Å². The minimum Gasteiger partial charge on any atom is -0.493 e. The van der Waals surface area contributed by atoms with Gasteiger partial charge in [0, 0.05) is 25.0 Å². The van der Waals surface area contributed by atoms with E-state index in [4.69, 9.17) is 28.4 Å². The third-order valence-corrected chi connectivity index (χ3v) is 6.41. The second kappa shape index (κ2) is 17.3. The molecule has 0 atom stereocenters. The highest BCUT2D eigenvalue weighted by atomic mass is 16.5. The van der Waals surface area contributed by atoms with Gasteiger partial charge in [-0.25, -0.2) is 9.59 Å². The van der Waals surface area contributed by atoms with Crippen LogP contribution < -0.4 is 18.9 Å². The van der Waals surface area contributed by atoms with Gasteiger partial charge in [0.25, 0.3) is 0 Å². The number of hydrogen-bond donors (Lipinski definition) is 0. The molecule has 0 saturated heterocycles. The molecular weight excluding hydrogens is 544 g/mol. The Balaban J connectivity index is 1.32. The van der Waals surface area contributed by atoms with Crippen molar-refractivity contribution in [1.29, 1.82) is 0 Å². The first-order valence-corrected chi connectivity index (χ1v) is 13.9. The summed E-state index contributed by atoms with van der Waals surface area (Å²) in [6.07, 6.45) is 5.42. The standard InChI is InChI=1S/C32H36O10/c1-3-29(33)39-21-5-19-37-25-11-15-27(16-12-25)41-31(35)23-7-9-24(10-8-23)32(36)42-28-17-13-26(14-18-28)38-20-6-22-40-30(34)4-2/h3-4,11-18,23-24H,1-2,5-10,19-22H2. The topological polar surface area (TPSA) is 124 Å². The lowest BCUT2D eigenvalue weighted by Gasteiger charge is -2.25. The summed E-state index contributed by atoms with van der Waals surface area (Å²) in [5, 5.41) is 0. The average molecular weight is 581 g/mol. The number of hydrogen-bond acceptors (Lipinski definition) is 10. The highest BCUT2D eigenvalue weighted by Crippen LogP contribution is 2.32. The van der Waals surface area contributed by atoms with Gasteiger partial charge in [-0.2, -0.15) is 0 Å². The average Bonchev–Trinajstić information content (AvgIpc) is 3.02. The number of carbonyl (C=O) groups is 4. The Kier molecular flexibility index (Phi) is 13.1. The number of rotatable bonds is 16. The predicted octanol–water partition coefficient (Wildman–Crippen LogP) is 5.00. The Hall–Kier alpha value is -4.60. The molecular formula is C32H36O10. The van der Waals surface area contributed by atoms with E-state index >= 15 is 0 Å². The SMILES string of the molecule is C=CC(=O)OCCCOc1ccc(OC(=O)C2CCC(C(=O)Oc3ccc(OCCCOC(=O)C=C)cc3)CC2)cc1. The second-order valence-corrected chi connectivity index (χ2v) is 9.48. The molecule has 0 amide bonds. The Labute approximate surface area is 245 Å².